The molecule has 0 aliphatic carbocycles. The Morgan fingerprint density at radius 2 is 2.07 bits per heavy atom. The highest BCUT2D eigenvalue weighted by molar-refractivity contribution is 5.11. The first-order chi connectivity index (χ1) is 7.09. The molecule has 0 saturated carbocycles. The molecule has 3 heteroatoms. The molecule has 0 radical (unpaired) electrons. The van der Waals surface area contributed by atoms with Gasteiger partial charge in [-0.25, -0.2) is 0 Å². The van der Waals surface area contributed by atoms with Crippen LogP contribution in [0.5, 0.6) is 0 Å². The maximum atomic E-state index is 9.47. The van der Waals surface area contributed by atoms with Crippen LogP contribution in [0.4, 0.5) is 0 Å². The molecule has 1 fully saturated rings. The summed E-state index contributed by atoms with van der Waals surface area (Å²) in [6, 6.07) is 3.08. The van der Waals surface area contributed by atoms with Crippen molar-refractivity contribution in [2.24, 2.45) is 0 Å². The number of likely N-dealkylation sites (tertiary alicyclic amines) is 1. The lowest BCUT2D eigenvalue weighted by Crippen LogP contribution is -2.56. The molecule has 15 heavy (non-hydrogen) atoms. The third kappa shape index (κ3) is 2.32. The van der Waals surface area contributed by atoms with Gasteiger partial charge in [-0.3, -0.25) is 4.90 Å². The number of nitriles is 1. The molecule has 0 spiro atoms. The molecule has 1 aliphatic heterocycles. The van der Waals surface area contributed by atoms with Gasteiger partial charge in [0, 0.05) is 12.6 Å². The van der Waals surface area contributed by atoms with Crippen LogP contribution >= 0.6 is 0 Å². The first kappa shape index (κ1) is 12.5. The molecular weight excluding hydrogens is 186 g/mol. The Morgan fingerprint density at radius 1 is 1.47 bits per heavy atom. The van der Waals surface area contributed by atoms with Gasteiger partial charge in [0.05, 0.1) is 6.07 Å². The molecule has 2 atom stereocenters. The molecule has 3 nitrogen and oxygen atoms in total. The first-order valence-corrected chi connectivity index (χ1v) is 5.96. The van der Waals surface area contributed by atoms with Gasteiger partial charge in [0.15, 0.2) is 0 Å². The highest BCUT2D eigenvalue weighted by Crippen LogP contribution is 2.30. The van der Waals surface area contributed by atoms with Crippen LogP contribution in [0, 0.1) is 11.3 Å². The number of hydrogen-bond donors (Lipinski definition) is 0. The molecule has 0 aromatic rings. The van der Waals surface area contributed by atoms with Crippen molar-refractivity contribution < 1.29 is 0 Å². The van der Waals surface area contributed by atoms with Gasteiger partial charge >= 0.3 is 0 Å². The van der Waals surface area contributed by atoms with E-state index in [9.17, 15) is 5.26 Å². The Bertz CT molecular complexity index is 242. The zero-order valence-electron chi connectivity index (χ0n) is 10.5. The summed E-state index contributed by atoms with van der Waals surface area (Å²) in [5, 5.41) is 9.47. The van der Waals surface area contributed by atoms with Crippen LogP contribution in [-0.4, -0.2) is 48.1 Å². The van der Waals surface area contributed by atoms with Gasteiger partial charge in [-0.2, -0.15) is 5.26 Å². The fraction of sp³-hybridized carbons (Fsp3) is 0.917. The molecule has 0 N–H and O–H groups in total. The van der Waals surface area contributed by atoms with E-state index >= 15 is 0 Å². The Balaban J connectivity index is 2.82. The van der Waals surface area contributed by atoms with Crippen molar-refractivity contribution in [3.8, 4) is 6.07 Å². The summed E-state index contributed by atoms with van der Waals surface area (Å²) in [7, 11) is 2.15. The fourth-order valence-corrected chi connectivity index (χ4v) is 2.62. The minimum Gasteiger partial charge on any atom is -0.303 e. The Kier molecular flexibility index (Phi) is 4.12. The standard InChI is InChI=1S/C12H23N3/c1-5-15(6-2)12(10-13)7-8-14(4)11(3)9-12/h11H,5-9H2,1-4H3. The van der Waals surface area contributed by atoms with E-state index in [2.05, 4.69) is 43.7 Å². The Hall–Kier alpha value is -0.590. The monoisotopic (exact) mass is 209 g/mol. The number of piperidine rings is 1. The van der Waals surface area contributed by atoms with E-state index in [-0.39, 0.29) is 5.54 Å². The molecular formula is C12H23N3. The van der Waals surface area contributed by atoms with Gasteiger partial charge in [0.25, 0.3) is 0 Å². The second-order valence-electron chi connectivity index (χ2n) is 4.60. The highest BCUT2D eigenvalue weighted by Gasteiger charge is 2.40. The third-order valence-corrected chi connectivity index (χ3v) is 3.84. The van der Waals surface area contributed by atoms with Crippen LogP contribution in [0.3, 0.4) is 0 Å². The maximum absolute atomic E-state index is 9.47. The topological polar surface area (TPSA) is 30.3 Å². The van der Waals surface area contributed by atoms with Crippen molar-refractivity contribution in [2.45, 2.75) is 45.2 Å². The first-order valence-electron chi connectivity index (χ1n) is 5.96. The van der Waals surface area contributed by atoms with E-state index < -0.39 is 0 Å². The zero-order chi connectivity index (χ0) is 11.5. The van der Waals surface area contributed by atoms with Crippen LogP contribution < -0.4 is 0 Å². The summed E-state index contributed by atoms with van der Waals surface area (Å²) >= 11 is 0. The molecule has 0 aromatic heterocycles. The lowest BCUT2D eigenvalue weighted by atomic mass is 9.83. The highest BCUT2D eigenvalue weighted by atomic mass is 15.2. The van der Waals surface area contributed by atoms with Crippen LogP contribution in [0.15, 0.2) is 0 Å². The normalized spacial score (nSPS) is 32.9. The minimum absolute atomic E-state index is 0.213. The summed E-state index contributed by atoms with van der Waals surface area (Å²) < 4.78 is 0. The molecule has 0 aromatic carbocycles. The molecule has 1 rings (SSSR count). The average Bonchev–Trinajstić information content (AvgIpc) is 2.25. The van der Waals surface area contributed by atoms with Crippen molar-refractivity contribution in [1.29, 1.82) is 5.26 Å². The van der Waals surface area contributed by atoms with E-state index in [1.807, 2.05) is 0 Å². The van der Waals surface area contributed by atoms with Gasteiger partial charge in [0.2, 0.25) is 0 Å². The largest absolute Gasteiger partial charge is 0.303 e. The number of hydrogen-bond acceptors (Lipinski definition) is 3. The van der Waals surface area contributed by atoms with E-state index in [0.717, 1.165) is 32.5 Å². The van der Waals surface area contributed by atoms with E-state index in [1.165, 1.54) is 0 Å². The van der Waals surface area contributed by atoms with Crippen molar-refractivity contribution in [1.82, 2.24) is 9.80 Å². The predicted molar refractivity (Wildman–Crippen MR) is 62.6 cm³/mol. The predicted octanol–water partition coefficient (Wildman–Crippen LogP) is 1.70. The summed E-state index contributed by atoms with van der Waals surface area (Å²) in [5.41, 5.74) is -0.213. The average molecular weight is 209 g/mol. The SMILES string of the molecule is CCN(CC)C1(C#N)CCN(C)C(C)C1. The smallest absolute Gasteiger partial charge is 0.111 e. The quantitative estimate of drug-likeness (QED) is 0.709. The molecule has 0 amide bonds. The van der Waals surface area contributed by atoms with Crippen molar-refractivity contribution in [3.05, 3.63) is 0 Å². The fourth-order valence-electron chi connectivity index (χ4n) is 2.62. The van der Waals surface area contributed by atoms with Crippen molar-refractivity contribution >= 4 is 0 Å². The van der Waals surface area contributed by atoms with Crippen molar-refractivity contribution in [2.75, 3.05) is 26.7 Å². The van der Waals surface area contributed by atoms with Crippen LogP contribution in [0.2, 0.25) is 0 Å². The summed E-state index contributed by atoms with van der Waals surface area (Å²) in [5.74, 6) is 0. The van der Waals surface area contributed by atoms with Crippen LogP contribution in [0.25, 0.3) is 0 Å². The van der Waals surface area contributed by atoms with Crippen LogP contribution in [0.1, 0.15) is 33.6 Å². The lowest BCUT2D eigenvalue weighted by Gasteiger charge is -2.46. The van der Waals surface area contributed by atoms with Crippen LogP contribution in [-0.2, 0) is 0 Å². The van der Waals surface area contributed by atoms with Gasteiger partial charge in [-0.1, -0.05) is 13.8 Å². The summed E-state index contributed by atoms with van der Waals surface area (Å²) in [4.78, 5) is 4.66. The minimum atomic E-state index is -0.213. The summed E-state index contributed by atoms with van der Waals surface area (Å²) in [6.07, 6.45) is 1.95. The van der Waals surface area contributed by atoms with Gasteiger partial charge in [-0.15, -0.1) is 0 Å². The molecule has 1 aliphatic rings. The molecule has 0 bridgehead atoms. The molecule has 1 heterocycles. The second kappa shape index (κ2) is 4.96. The summed E-state index contributed by atoms with van der Waals surface area (Å²) in [6.45, 7) is 9.48. The Labute approximate surface area is 93.7 Å². The van der Waals surface area contributed by atoms with Gasteiger partial charge < -0.3 is 4.90 Å². The number of rotatable bonds is 3. The van der Waals surface area contributed by atoms with Crippen molar-refractivity contribution in [3.63, 3.8) is 0 Å². The molecule has 86 valence electrons. The Morgan fingerprint density at radius 3 is 2.47 bits per heavy atom. The zero-order valence-corrected chi connectivity index (χ0v) is 10.5. The van der Waals surface area contributed by atoms with E-state index in [0.29, 0.717) is 6.04 Å². The lowest BCUT2D eigenvalue weighted by molar-refractivity contribution is 0.0494. The second-order valence-corrected chi connectivity index (χ2v) is 4.60. The molecule has 1 saturated heterocycles. The molecule has 2 unspecified atom stereocenters. The third-order valence-electron chi connectivity index (χ3n) is 3.84. The van der Waals surface area contributed by atoms with E-state index in [4.69, 9.17) is 0 Å². The van der Waals surface area contributed by atoms with E-state index in [1.54, 1.807) is 0 Å². The maximum Gasteiger partial charge on any atom is 0.111 e. The van der Waals surface area contributed by atoms with Gasteiger partial charge in [0.1, 0.15) is 5.54 Å². The van der Waals surface area contributed by atoms with Gasteiger partial charge in [-0.05, 0) is 39.9 Å². The number of nitrogens with zero attached hydrogens (tertiary/aromatic N) is 3.